The van der Waals surface area contributed by atoms with Gasteiger partial charge in [-0.3, -0.25) is 9.78 Å². The van der Waals surface area contributed by atoms with Crippen LogP contribution in [0.15, 0.2) is 45.5 Å². The lowest BCUT2D eigenvalue weighted by atomic mass is 10.2. The zero-order chi connectivity index (χ0) is 15.2. The third kappa shape index (κ3) is 4.54. The second-order valence-corrected chi connectivity index (χ2v) is 6.14. The Balaban J connectivity index is 1.99. The first-order chi connectivity index (χ1) is 10.1. The average molecular weight is 413 g/mol. The molecule has 0 aliphatic carbocycles. The fourth-order valence-corrected chi connectivity index (χ4v) is 2.89. The van der Waals surface area contributed by atoms with E-state index >= 15 is 0 Å². The molecule has 21 heavy (non-hydrogen) atoms. The molecule has 1 aromatic carbocycles. The molecule has 1 amide bonds. The minimum absolute atomic E-state index is 0.0543. The van der Waals surface area contributed by atoms with Gasteiger partial charge in [-0.1, -0.05) is 0 Å². The Kier molecular flexibility index (Phi) is 5.76. The van der Waals surface area contributed by atoms with E-state index in [0.29, 0.717) is 18.7 Å². The number of anilines is 1. The molecule has 0 aliphatic heterocycles. The standard InChI is InChI=1S/C15H15Br2N3O/c1-2-18-15(21)10-3-5-12(6-4-10)19-9-14-13(17)7-11(16)8-20-14/h3-8,19H,2,9H2,1H3,(H,18,21). The lowest BCUT2D eigenvalue weighted by Gasteiger charge is -2.09. The van der Waals surface area contributed by atoms with E-state index in [1.54, 1.807) is 18.3 Å². The molecule has 6 heteroatoms. The molecule has 1 aromatic heterocycles. The molecular weight excluding hydrogens is 398 g/mol. The van der Waals surface area contributed by atoms with Gasteiger partial charge in [-0.05, 0) is 69.1 Å². The predicted octanol–water partition coefficient (Wildman–Crippen LogP) is 3.97. The molecule has 0 saturated heterocycles. The summed E-state index contributed by atoms with van der Waals surface area (Å²) in [4.78, 5) is 16.0. The smallest absolute Gasteiger partial charge is 0.251 e. The highest BCUT2D eigenvalue weighted by molar-refractivity contribution is 9.11. The number of amides is 1. The molecule has 2 aromatic rings. The molecule has 4 nitrogen and oxygen atoms in total. The van der Waals surface area contributed by atoms with Gasteiger partial charge in [0.25, 0.3) is 5.91 Å². The van der Waals surface area contributed by atoms with Crippen molar-refractivity contribution in [3.05, 3.63) is 56.7 Å². The molecule has 0 radical (unpaired) electrons. The second-order valence-electron chi connectivity index (χ2n) is 4.37. The number of benzene rings is 1. The van der Waals surface area contributed by atoms with Crippen LogP contribution in [0.2, 0.25) is 0 Å². The summed E-state index contributed by atoms with van der Waals surface area (Å²) in [7, 11) is 0. The van der Waals surface area contributed by atoms with Gasteiger partial charge >= 0.3 is 0 Å². The third-order valence-corrected chi connectivity index (χ3v) is 3.95. The maximum Gasteiger partial charge on any atom is 0.251 e. The highest BCUT2D eigenvalue weighted by atomic mass is 79.9. The lowest BCUT2D eigenvalue weighted by Crippen LogP contribution is -2.22. The Morgan fingerprint density at radius 3 is 2.57 bits per heavy atom. The SMILES string of the molecule is CCNC(=O)c1ccc(NCc2ncc(Br)cc2Br)cc1. The summed E-state index contributed by atoms with van der Waals surface area (Å²) >= 11 is 6.86. The Morgan fingerprint density at radius 2 is 1.95 bits per heavy atom. The first-order valence-electron chi connectivity index (χ1n) is 6.52. The average Bonchev–Trinajstić information content (AvgIpc) is 2.47. The molecule has 0 bridgehead atoms. The van der Waals surface area contributed by atoms with Crippen LogP contribution in [0.4, 0.5) is 5.69 Å². The van der Waals surface area contributed by atoms with E-state index in [0.717, 1.165) is 20.3 Å². The van der Waals surface area contributed by atoms with Crippen molar-refractivity contribution in [1.82, 2.24) is 10.3 Å². The van der Waals surface area contributed by atoms with Crippen molar-refractivity contribution in [1.29, 1.82) is 0 Å². The lowest BCUT2D eigenvalue weighted by molar-refractivity contribution is 0.0956. The van der Waals surface area contributed by atoms with Crippen molar-refractivity contribution >= 4 is 43.5 Å². The van der Waals surface area contributed by atoms with Crippen LogP contribution >= 0.6 is 31.9 Å². The first-order valence-corrected chi connectivity index (χ1v) is 8.11. The van der Waals surface area contributed by atoms with Gasteiger partial charge in [-0.2, -0.15) is 0 Å². The minimum Gasteiger partial charge on any atom is -0.379 e. The van der Waals surface area contributed by atoms with E-state index in [-0.39, 0.29) is 5.91 Å². The van der Waals surface area contributed by atoms with Crippen LogP contribution in [0.1, 0.15) is 23.0 Å². The Hall–Kier alpha value is -1.40. The van der Waals surface area contributed by atoms with E-state index < -0.39 is 0 Å². The largest absolute Gasteiger partial charge is 0.379 e. The molecule has 0 aliphatic rings. The van der Waals surface area contributed by atoms with Gasteiger partial charge < -0.3 is 10.6 Å². The summed E-state index contributed by atoms with van der Waals surface area (Å²) in [6.45, 7) is 3.13. The van der Waals surface area contributed by atoms with Gasteiger partial charge in [0, 0.05) is 32.9 Å². The molecule has 0 unspecified atom stereocenters. The number of rotatable bonds is 5. The maximum atomic E-state index is 11.7. The highest BCUT2D eigenvalue weighted by Gasteiger charge is 2.05. The quantitative estimate of drug-likeness (QED) is 0.781. The maximum absolute atomic E-state index is 11.7. The van der Waals surface area contributed by atoms with E-state index in [1.165, 1.54) is 0 Å². The molecule has 2 N–H and O–H groups in total. The molecule has 0 saturated carbocycles. The Bertz CT molecular complexity index is 629. The van der Waals surface area contributed by atoms with Crippen molar-refractivity contribution in [2.75, 3.05) is 11.9 Å². The molecule has 0 spiro atoms. The summed E-state index contributed by atoms with van der Waals surface area (Å²) in [6.07, 6.45) is 1.76. The van der Waals surface area contributed by atoms with Crippen molar-refractivity contribution in [2.45, 2.75) is 13.5 Å². The number of carbonyl (C=O) groups is 1. The molecule has 1 heterocycles. The number of aromatic nitrogens is 1. The second kappa shape index (κ2) is 7.56. The first kappa shape index (κ1) is 16.0. The number of hydrogen-bond acceptors (Lipinski definition) is 3. The van der Waals surface area contributed by atoms with Crippen molar-refractivity contribution in [2.24, 2.45) is 0 Å². The van der Waals surface area contributed by atoms with Gasteiger partial charge in [0.1, 0.15) is 0 Å². The van der Waals surface area contributed by atoms with Crippen LogP contribution in [0.25, 0.3) is 0 Å². The highest BCUT2D eigenvalue weighted by Crippen LogP contribution is 2.20. The van der Waals surface area contributed by atoms with Crippen LogP contribution in [0.5, 0.6) is 0 Å². The van der Waals surface area contributed by atoms with E-state index in [2.05, 4.69) is 47.5 Å². The number of carbonyl (C=O) groups excluding carboxylic acids is 1. The molecule has 0 atom stereocenters. The van der Waals surface area contributed by atoms with Crippen LogP contribution in [-0.2, 0) is 6.54 Å². The molecular formula is C15H15Br2N3O. The normalized spacial score (nSPS) is 10.2. The minimum atomic E-state index is -0.0543. The van der Waals surface area contributed by atoms with E-state index in [9.17, 15) is 4.79 Å². The van der Waals surface area contributed by atoms with Gasteiger partial charge in [-0.15, -0.1) is 0 Å². The zero-order valence-corrected chi connectivity index (χ0v) is 14.7. The van der Waals surface area contributed by atoms with Crippen LogP contribution in [0, 0.1) is 0 Å². The van der Waals surface area contributed by atoms with Gasteiger partial charge in [0.05, 0.1) is 12.2 Å². The molecule has 0 fully saturated rings. The summed E-state index contributed by atoms with van der Waals surface area (Å²) in [6, 6.07) is 9.34. The van der Waals surface area contributed by atoms with E-state index in [1.807, 2.05) is 25.1 Å². The Labute approximate surface area is 140 Å². The number of nitrogens with one attached hydrogen (secondary N) is 2. The third-order valence-electron chi connectivity index (χ3n) is 2.83. The Morgan fingerprint density at radius 1 is 1.24 bits per heavy atom. The van der Waals surface area contributed by atoms with Crippen molar-refractivity contribution in [3.8, 4) is 0 Å². The van der Waals surface area contributed by atoms with Gasteiger partial charge in [0.15, 0.2) is 0 Å². The fourth-order valence-electron chi connectivity index (χ4n) is 1.76. The van der Waals surface area contributed by atoms with Gasteiger partial charge in [-0.25, -0.2) is 0 Å². The number of hydrogen-bond donors (Lipinski definition) is 2. The predicted molar refractivity (Wildman–Crippen MR) is 91.4 cm³/mol. The van der Waals surface area contributed by atoms with Gasteiger partial charge in [0.2, 0.25) is 0 Å². The summed E-state index contributed by atoms with van der Waals surface area (Å²) in [5, 5.41) is 6.05. The van der Waals surface area contributed by atoms with Crippen molar-refractivity contribution < 1.29 is 4.79 Å². The van der Waals surface area contributed by atoms with Crippen LogP contribution in [-0.4, -0.2) is 17.4 Å². The topological polar surface area (TPSA) is 54.0 Å². The summed E-state index contributed by atoms with van der Waals surface area (Å²) in [5.74, 6) is -0.0543. The molecule has 110 valence electrons. The monoisotopic (exact) mass is 411 g/mol. The summed E-state index contributed by atoms with van der Waals surface area (Å²) < 4.78 is 1.88. The fraction of sp³-hybridized carbons (Fsp3) is 0.200. The van der Waals surface area contributed by atoms with E-state index in [4.69, 9.17) is 0 Å². The molecule has 2 rings (SSSR count). The number of halogens is 2. The zero-order valence-electron chi connectivity index (χ0n) is 11.5. The van der Waals surface area contributed by atoms with Crippen LogP contribution < -0.4 is 10.6 Å². The summed E-state index contributed by atoms with van der Waals surface area (Å²) in [5.41, 5.74) is 2.52. The van der Waals surface area contributed by atoms with Crippen LogP contribution in [0.3, 0.4) is 0 Å². The van der Waals surface area contributed by atoms with Crippen molar-refractivity contribution in [3.63, 3.8) is 0 Å². The number of nitrogens with zero attached hydrogens (tertiary/aromatic N) is 1. The number of pyridine rings is 1.